The molecule has 0 atom stereocenters. The van der Waals surface area contributed by atoms with E-state index in [9.17, 15) is 4.79 Å². The number of hydrogen-bond acceptors (Lipinski definition) is 5. The Labute approximate surface area is 102 Å². The summed E-state index contributed by atoms with van der Waals surface area (Å²) in [6.07, 6.45) is 3.11. The predicted molar refractivity (Wildman–Crippen MR) is 66.6 cm³/mol. The van der Waals surface area contributed by atoms with Crippen molar-refractivity contribution in [3.63, 3.8) is 0 Å². The Balaban J connectivity index is 2.24. The maximum atomic E-state index is 11.3. The van der Waals surface area contributed by atoms with E-state index in [2.05, 4.69) is 0 Å². The summed E-state index contributed by atoms with van der Waals surface area (Å²) in [6.45, 7) is 0. The maximum Gasteiger partial charge on any atom is 0.396 e. The number of benzene rings is 1. The molecule has 1 aromatic heterocycles. The monoisotopic (exact) mass is 251 g/mol. The molecule has 0 radical (unpaired) electrons. The van der Waals surface area contributed by atoms with Gasteiger partial charge in [0.2, 0.25) is 0 Å². The van der Waals surface area contributed by atoms with Crippen LogP contribution >= 0.6 is 11.3 Å². The first-order valence-electron chi connectivity index (χ1n) is 5.53. The van der Waals surface area contributed by atoms with Crippen LogP contribution in [0.1, 0.15) is 24.8 Å². The number of fused-ring (bicyclic) bond motifs is 1. The van der Waals surface area contributed by atoms with Crippen LogP contribution in [0.5, 0.6) is 5.75 Å². The zero-order chi connectivity index (χ0) is 12.0. The molecule has 0 aliphatic heterocycles. The van der Waals surface area contributed by atoms with Crippen molar-refractivity contribution in [3.8, 4) is 5.75 Å². The van der Waals surface area contributed by atoms with Gasteiger partial charge in [-0.3, -0.25) is 0 Å². The average molecular weight is 251 g/mol. The third kappa shape index (κ3) is 1.57. The van der Waals surface area contributed by atoms with Crippen LogP contribution in [0.15, 0.2) is 21.3 Å². The molecule has 3 rings (SSSR count). The lowest BCUT2D eigenvalue weighted by molar-refractivity contribution is 0.253. The quantitative estimate of drug-likeness (QED) is 0.888. The third-order valence-electron chi connectivity index (χ3n) is 3.44. The van der Waals surface area contributed by atoms with Crippen molar-refractivity contribution in [1.82, 2.24) is 0 Å². The number of methoxy groups -OCH3 is 1. The highest BCUT2D eigenvalue weighted by Crippen LogP contribution is 2.42. The molecule has 1 saturated carbocycles. The Morgan fingerprint density at radius 2 is 2.24 bits per heavy atom. The first-order chi connectivity index (χ1) is 8.12. The summed E-state index contributed by atoms with van der Waals surface area (Å²) in [7, 11) is 1.57. The average Bonchev–Trinajstić information content (AvgIpc) is 2.64. The van der Waals surface area contributed by atoms with Crippen molar-refractivity contribution in [1.29, 1.82) is 0 Å². The van der Waals surface area contributed by atoms with Crippen LogP contribution in [0.4, 0.5) is 0 Å². The minimum absolute atomic E-state index is 0.255. The van der Waals surface area contributed by atoms with E-state index in [1.807, 2.05) is 12.1 Å². The predicted octanol–water partition coefficient (Wildman–Crippen LogP) is 2.20. The Hall–Kier alpha value is -1.33. The molecule has 5 heteroatoms. The van der Waals surface area contributed by atoms with Crippen LogP contribution in [-0.2, 0) is 5.54 Å². The fourth-order valence-corrected chi connectivity index (χ4v) is 2.96. The third-order valence-corrected chi connectivity index (χ3v) is 4.21. The Kier molecular flexibility index (Phi) is 2.27. The SMILES string of the molecule is COc1cc(C2(N)CCC2)cc2sc(=O)oc12. The minimum atomic E-state index is -0.310. The van der Waals surface area contributed by atoms with Gasteiger partial charge in [-0.25, -0.2) is 4.79 Å². The highest BCUT2D eigenvalue weighted by Gasteiger charge is 2.35. The Morgan fingerprint density at radius 1 is 1.47 bits per heavy atom. The van der Waals surface area contributed by atoms with E-state index in [-0.39, 0.29) is 10.5 Å². The van der Waals surface area contributed by atoms with Crippen LogP contribution in [-0.4, -0.2) is 7.11 Å². The molecule has 0 spiro atoms. The number of hydrogen-bond donors (Lipinski definition) is 1. The summed E-state index contributed by atoms with van der Waals surface area (Å²) < 4.78 is 11.2. The van der Waals surface area contributed by atoms with E-state index >= 15 is 0 Å². The van der Waals surface area contributed by atoms with Crippen molar-refractivity contribution in [3.05, 3.63) is 27.4 Å². The molecule has 0 saturated heterocycles. The molecular formula is C12H13NO3S. The standard InChI is InChI=1S/C12H13NO3S/c1-15-8-5-7(12(13)3-2-4-12)6-9-10(8)16-11(14)17-9/h5-6H,2-4,13H2,1H3. The maximum absolute atomic E-state index is 11.3. The molecule has 1 fully saturated rings. The molecule has 17 heavy (non-hydrogen) atoms. The van der Waals surface area contributed by atoms with E-state index in [1.54, 1.807) is 7.11 Å². The first kappa shape index (κ1) is 10.8. The fraction of sp³-hybridized carbons (Fsp3) is 0.417. The van der Waals surface area contributed by atoms with Gasteiger partial charge in [-0.1, -0.05) is 11.3 Å². The molecule has 4 nitrogen and oxygen atoms in total. The van der Waals surface area contributed by atoms with Crippen LogP contribution < -0.4 is 15.4 Å². The highest BCUT2D eigenvalue weighted by atomic mass is 32.1. The first-order valence-corrected chi connectivity index (χ1v) is 6.35. The minimum Gasteiger partial charge on any atom is -0.493 e. The lowest BCUT2D eigenvalue weighted by atomic mass is 9.73. The second-order valence-corrected chi connectivity index (χ2v) is 5.45. The summed E-state index contributed by atoms with van der Waals surface area (Å²) in [5, 5.41) is 0. The number of ether oxygens (including phenoxy) is 1. The van der Waals surface area contributed by atoms with Gasteiger partial charge in [0.15, 0.2) is 11.3 Å². The topological polar surface area (TPSA) is 65.5 Å². The van der Waals surface area contributed by atoms with Crippen molar-refractivity contribution in [2.45, 2.75) is 24.8 Å². The molecule has 0 amide bonds. The van der Waals surface area contributed by atoms with Gasteiger partial charge < -0.3 is 14.9 Å². The summed E-state index contributed by atoms with van der Waals surface area (Å²) in [6, 6.07) is 3.84. The largest absolute Gasteiger partial charge is 0.493 e. The number of rotatable bonds is 2. The van der Waals surface area contributed by atoms with Crippen LogP contribution in [0.25, 0.3) is 10.3 Å². The molecular weight excluding hydrogens is 238 g/mol. The molecule has 1 aliphatic carbocycles. The van der Waals surface area contributed by atoms with Crippen LogP contribution in [0.3, 0.4) is 0 Å². The van der Waals surface area contributed by atoms with Crippen molar-refractivity contribution >= 4 is 21.6 Å². The summed E-state index contributed by atoms with van der Waals surface area (Å²) in [5.41, 5.74) is 7.59. The van der Waals surface area contributed by atoms with Gasteiger partial charge in [0.25, 0.3) is 0 Å². The van der Waals surface area contributed by atoms with Gasteiger partial charge in [-0.15, -0.1) is 0 Å². The van der Waals surface area contributed by atoms with E-state index < -0.39 is 0 Å². The van der Waals surface area contributed by atoms with E-state index in [0.717, 1.165) is 40.9 Å². The van der Waals surface area contributed by atoms with Crippen LogP contribution in [0, 0.1) is 0 Å². The van der Waals surface area contributed by atoms with E-state index in [1.165, 1.54) is 0 Å². The highest BCUT2D eigenvalue weighted by molar-refractivity contribution is 7.16. The van der Waals surface area contributed by atoms with Gasteiger partial charge in [-0.05, 0) is 37.0 Å². The Morgan fingerprint density at radius 3 is 2.82 bits per heavy atom. The van der Waals surface area contributed by atoms with Crippen LogP contribution in [0.2, 0.25) is 0 Å². The molecule has 1 aromatic carbocycles. The Bertz CT molecular complexity index is 624. The van der Waals surface area contributed by atoms with Gasteiger partial charge >= 0.3 is 4.94 Å². The van der Waals surface area contributed by atoms with E-state index in [4.69, 9.17) is 14.9 Å². The zero-order valence-corrected chi connectivity index (χ0v) is 10.3. The summed E-state index contributed by atoms with van der Waals surface area (Å²) >= 11 is 1.09. The smallest absolute Gasteiger partial charge is 0.396 e. The van der Waals surface area contributed by atoms with Crippen molar-refractivity contribution in [2.24, 2.45) is 5.73 Å². The van der Waals surface area contributed by atoms with Crippen molar-refractivity contribution < 1.29 is 9.15 Å². The fourth-order valence-electron chi connectivity index (χ4n) is 2.23. The normalized spacial score (nSPS) is 18.0. The van der Waals surface area contributed by atoms with Gasteiger partial charge in [-0.2, -0.15) is 0 Å². The molecule has 2 N–H and O–H groups in total. The van der Waals surface area contributed by atoms with Gasteiger partial charge in [0.1, 0.15) is 0 Å². The van der Waals surface area contributed by atoms with Gasteiger partial charge in [0.05, 0.1) is 11.8 Å². The van der Waals surface area contributed by atoms with Gasteiger partial charge in [0, 0.05) is 5.54 Å². The lowest BCUT2D eigenvalue weighted by Crippen LogP contribution is -2.43. The van der Waals surface area contributed by atoms with Crippen molar-refractivity contribution in [2.75, 3.05) is 7.11 Å². The molecule has 90 valence electrons. The molecule has 1 aliphatic rings. The second-order valence-electron chi connectivity index (χ2n) is 4.47. The molecule has 0 unspecified atom stereocenters. The summed E-state index contributed by atoms with van der Waals surface area (Å²) in [4.78, 5) is 11.0. The number of nitrogens with two attached hydrogens (primary N) is 1. The zero-order valence-electron chi connectivity index (χ0n) is 9.49. The molecule has 0 bridgehead atoms. The summed E-state index contributed by atoms with van der Waals surface area (Å²) in [5.74, 6) is 0.590. The molecule has 2 aromatic rings. The second kappa shape index (κ2) is 3.58. The molecule has 1 heterocycles. The van der Waals surface area contributed by atoms with E-state index in [0.29, 0.717) is 11.3 Å². The lowest BCUT2D eigenvalue weighted by Gasteiger charge is -2.38.